The van der Waals surface area contributed by atoms with Gasteiger partial charge in [0.2, 0.25) is 5.75 Å². The molecule has 0 spiro atoms. The first kappa shape index (κ1) is 23.2. The number of nitrogens with zero attached hydrogens (tertiary/aromatic N) is 1. The lowest BCUT2D eigenvalue weighted by molar-refractivity contribution is -0.137. The summed E-state index contributed by atoms with van der Waals surface area (Å²) < 4.78 is 16.2. The van der Waals surface area contributed by atoms with Crippen LogP contribution in [0.1, 0.15) is 46.5 Å². The van der Waals surface area contributed by atoms with Crippen molar-refractivity contribution < 1.29 is 28.9 Å². The average Bonchev–Trinajstić information content (AvgIpc) is 2.62. The van der Waals surface area contributed by atoms with Crippen molar-refractivity contribution in [3.05, 3.63) is 12.3 Å². The fraction of sp³-hybridized carbons (Fsp3) is 0.632. The molecule has 2 aliphatic rings. The van der Waals surface area contributed by atoms with E-state index in [4.69, 9.17) is 14.2 Å². The summed E-state index contributed by atoms with van der Waals surface area (Å²) in [6.07, 6.45) is 2.41. The number of carbonyl (C=O) groups excluding carboxylic acids is 2. The van der Waals surface area contributed by atoms with Gasteiger partial charge in [0.05, 0.1) is 5.69 Å². The van der Waals surface area contributed by atoms with Crippen LogP contribution in [0, 0.1) is 0 Å². The van der Waals surface area contributed by atoms with Gasteiger partial charge in [-0.25, -0.2) is 9.78 Å². The summed E-state index contributed by atoms with van der Waals surface area (Å²) in [6, 6.07) is 1.46. The van der Waals surface area contributed by atoms with Gasteiger partial charge in [-0.2, -0.15) is 0 Å². The Bertz CT molecular complexity index is 744. The molecule has 0 atom stereocenters. The number of hydrogen-bond acceptors (Lipinski definition) is 7. The zero-order chi connectivity index (χ0) is 20.4. The maximum absolute atomic E-state index is 12.7. The van der Waals surface area contributed by atoms with Crippen molar-refractivity contribution in [3.8, 4) is 11.6 Å². The van der Waals surface area contributed by atoms with Crippen molar-refractivity contribution in [3.63, 3.8) is 0 Å². The van der Waals surface area contributed by atoms with E-state index in [1.54, 1.807) is 26.8 Å². The molecule has 1 aliphatic carbocycles. The van der Waals surface area contributed by atoms with E-state index in [2.05, 4.69) is 15.6 Å². The Labute approximate surface area is 180 Å². The van der Waals surface area contributed by atoms with Crippen molar-refractivity contribution >= 4 is 34.7 Å². The molecule has 3 rings (SSSR count). The Balaban J connectivity index is 0.00000300. The highest BCUT2D eigenvalue weighted by atomic mass is 79.9. The number of fused-ring (bicyclic) bond motifs is 1. The maximum Gasteiger partial charge on any atom is 0.407 e. The number of pyridine rings is 1. The van der Waals surface area contributed by atoms with E-state index in [-0.39, 0.29) is 35.9 Å². The quantitative estimate of drug-likeness (QED) is 0.616. The third-order valence-corrected chi connectivity index (χ3v) is 4.64. The van der Waals surface area contributed by atoms with Crippen molar-refractivity contribution in [2.75, 3.05) is 18.5 Å². The Morgan fingerprint density at radius 2 is 1.90 bits per heavy atom. The van der Waals surface area contributed by atoms with E-state index in [0.717, 1.165) is 0 Å². The first-order chi connectivity index (χ1) is 13.2. The molecule has 3 N–H and O–H groups in total. The highest BCUT2D eigenvalue weighted by Crippen LogP contribution is 2.37. The molecule has 1 aromatic heterocycles. The van der Waals surface area contributed by atoms with Crippen LogP contribution in [-0.2, 0) is 9.53 Å². The van der Waals surface area contributed by atoms with Crippen LogP contribution in [0.25, 0.3) is 0 Å². The van der Waals surface area contributed by atoms with Crippen molar-refractivity contribution in [1.82, 2.24) is 10.3 Å². The molecule has 0 aromatic carbocycles. The molecule has 0 radical (unpaired) electrons. The predicted octanol–water partition coefficient (Wildman–Crippen LogP) is 2.57. The van der Waals surface area contributed by atoms with E-state index in [9.17, 15) is 14.7 Å². The fourth-order valence-electron chi connectivity index (χ4n) is 3.23. The van der Waals surface area contributed by atoms with Crippen LogP contribution in [0.4, 0.5) is 10.5 Å². The zero-order valence-electron chi connectivity index (χ0n) is 16.8. The van der Waals surface area contributed by atoms with Gasteiger partial charge in [-0.1, -0.05) is 0 Å². The summed E-state index contributed by atoms with van der Waals surface area (Å²) in [6.45, 7) is 6.15. The number of carbonyl (C=O) groups is 2. The van der Waals surface area contributed by atoms with Crippen LogP contribution < -0.4 is 20.1 Å². The van der Waals surface area contributed by atoms with Crippen LogP contribution in [0.3, 0.4) is 0 Å². The third-order valence-electron chi connectivity index (χ3n) is 4.64. The maximum atomic E-state index is 12.7. The Hall–Kier alpha value is -2.07. The molecular weight excluding hydrogens is 446 g/mol. The van der Waals surface area contributed by atoms with E-state index < -0.39 is 23.2 Å². The smallest absolute Gasteiger partial charge is 0.407 e. The molecule has 1 aromatic rings. The molecular formula is C19H28BrN3O6. The van der Waals surface area contributed by atoms with Gasteiger partial charge in [-0.05, 0) is 52.5 Å². The normalized spacial score (nSPS) is 23.4. The number of nitrogens with one attached hydrogen (secondary N) is 2. The lowest BCUT2D eigenvalue weighted by Gasteiger charge is -2.35. The van der Waals surface area contributed by atoms with Gasteiger partial charge in [0.25, 0.3) is 11.8 Å². The van der Waals surface area contributed by atoms with Crippen LogP contribution in [-0.4, -0.2) is 52.5 Å². The molecule has 1 fully saturated rings. The average molecular weight is 474 g/mol. The Morgan fingerprint density at radius 1 is 1.24 bits per heavy atom. The third kappa shape index (κ3) is 5.96. The summed E-state index contributed by atoms with van der Waals surface area (Å²) in [5.74, 6) is 0.179. The molecule has 2 heterocycles. The summed E-state index contributed by atoms with van der Waals surface area (Å²) in [5.41, 5.74) is -1.68. The number of anilines is 1. The Morgan fingerprint density at radius 3 is 2.55 bits per heavy atom. The van der Waals surface area contributed by atoms with Gasteiger partial charge in [0.15, 0.2) is 0 Å². The molecule has 29 heavy (non-hydrogen) atoms. The van der Waals surface area contributed by atoms with Gasteiger partial charge < -0.3 is 30.0 Å². The van der Waals surface area contributed by atoms with E-state index in [1.165, 1.54) is 6.20 Å². The number of alkyl carbamates (subject to hydrolysis) is 1. The van der Waals surface area contributed by atoms with Gasteiger partial charge in [-0.3, -0.25) is 4.79 Å². The molecule has 0 bridgehead atoms. The molecule has 0 saturated heterocycles. The van der Waals surface area contributed by atoms with Gasteiger partial charge in [0.1, 0.15) is 24.4 Å². The first-order valence-corrected chi connectivity index (χ1v) is 9.44. The summed E-state index contributed by atoms with van der Waals surface area (Å²) in [5, 5.41) is 16.3. The second kappa shape index (κ2) is 9.17. The van der Waals surface area contributed by atoms with E-state index in [1.807, 2.05) is 0 Å². The number of halogens is 1. The minimum atomic E-state index is -1.52. The van der Waals surface area contributed by atoms with Gasteiger partial charge in [0, 0.05) is 12.2 Å². The minimum Gasteiger partial charge on any atom is -0.483 e. The number of ether oxygens (including phenoxy) is 3. The van der Waals surface area contributed by atoms with Crippen molar-refractivity contribution in [2.45, 2.75) is 63.7 Å². The molecule has 1 aliphatic heterocycles. The summed E-state index contributed by atoms with van der Waals surface area (Å²) >= 11 is 0. The number of hydrogen-bond donors (Lipinski definition) is 3. The monoisotopic (exact) mass is 473 g/mol. The number of rotatable bonds is 3. The molecule has 10 heteroatoms. The largest absolute Gasteiger partial charge is 0.483 e. The van der Waals surface area contributed by atoms with Crippen molar-refractivity contribution in [1.29, 1.82) is 0 Å². The second-order valence-corrected chi connectivity index (χ2v) is 8.10. The first-order valence-electron chi connectivity index (χ1n) is 9.44. The lowest BCUT2D eigenvalue weighted by atomic mass is 9.81. The Kier molecular flexibility index (Phi) is 7.34. The second-order valence-electron chi connectivity index (χ2n) is 8.10. The van der Waals surface area contributed by atoms with Crippen LogP contribution in [0.5, 0.6) is 11.6 Å². The topological polar surface area (TPSA) is 119 Å². The number of aliphatic hydroxyl groups is 1. The zero-order valence-corrected chi connectivity index (χ0v) is 18.5. The fourth-order valence-corrected chi connectivity index (χ4v) is 3.23. The highest BCUT2D eigenvalue weighted by Gasteiger charge is 2.41. The standard InChI is InChI=1S/C19H27N3O6.BrH/c1-18(2,3)28-17(24)21-12-4-7-19(25,8-5-12)16(23)22-13-6-9-20-15-14(13)26-10-11-27-15;/h6,9,12,25H,4-5,7-8,10-11H2,1-3H3,(H,21,24)(H,20,22,23);1H. The van der Waals surface area contributed by atoms with Crippen LogP contribution in [0.2, 0.25) is 0 Å². The molecule has 162 valence electrons. The molecule has 2 amide bonds. The molecule has 9 nitrogen and oxygen atoms in total. The SMILES string of the molecule is Br.CC(C)(C)OC(=O)NC1CCC(O)(C(=O)Nc2ccnc3c2OCCO3)CC1. The lowest BCUT2D eigenvalue weighted by Crippen LogP contribution is -2.50. The van der Waals surface area contributed by atoms with E-state index >= 15 is 0 Å². The summed E-state index contributed by atoms with van der Waals surface area (Å²) in [4.78, 5) is 28.7. The number of amides is 2. The van der Waals surface area contributed by atoms with Crippen molar-refractivity contribution in [2.24, 2.45) is 0 Å². The highest BCUT2D eigenvalue weighted by molar-refractivity contribution is 8.93. The van der Waals surface area contributed by atoms with Gasteiger partial charge in [-0.15, -0.1) is 17.0 Å². The van der Waals surface area contributed by atoms with Crippen LogP contribution in [0.15, 0.2) is 12.3 Å². The van der Waals surface area contributed by atoms with Crippen LogP contribution >= 0.6 is 17.0 Å². The predicted molar refractivity (Wildman–Crippen MR) is 111 cm³/mol. The molecule has 1 saturated carbocycles. The number of aromatic nitrogens is 1. The van der Waals surface area contributed by atoms with Gasteiger partial charge >= 0.3 is 6.09 Å². The molecule has 0 unspecified atom stereocenters. The minimum absolute atomic E-state index is 0. The summed E-state index contributed by atoms with van der Waals surface area (Å²) in [7, 11) is 0. The van der Waals surface area contributed by atoms with E-state index in [0.29, 0.717) is 43.4 Å².